The summed E-state index contributed by atoms with van der Waals surface area (Å²) in [6, 6.07) is 9.33. The third-order valence-electron chi connectivity index (χ3n) is 7.97. The maximum atomic E-state index is 15.3. The Labute approximate surface area is 228 Å². The number of pyridine rings is 2. The van der Waals surface area contributed by atoms with Crippen LogP contribution in [0.25, 0.3) is 28.0 Å². The zero-order valence-electron chi connectivity index (χ0n) is 23.3. The van der Waals surface area contributed by atoms with Crippen molar-refractivity contribution in [3.05, 3.63) is 75.2 Å². The second kappa shape index (κ2) is 9.83. The van der Waals surface area contributed by atoms with E-state index in [1.807, 2.05) is 26.0 Å². The van der Waals surface area contributed by atoms with Gasteiger partial charge in [-0.2, -0.15) is 4.98 Å². The molecule has 0 spiro atoms. The van der Waals surface area contributed by atoms with Gasteiger partial charge >= 0.3 is 5.69 Å². The molecule has 0 amide bonds. The van der Waals surface area contributed by atoms with E-state index in [4.69, 9.17) is 9.97 Å². The van der Waals surface area contributed by atoms with E-state index in [0.29, 0.717) is 34.3 Å². The number of aromatic nitrogens is 4. The van der Waals surface area contributed by atoms with Gasteiger partial charge in [-0.1, -0.05) is 25.5 Å². The Kier molecular flexibility index (Phi) is 6.46. The van der Waals surface area contributed by atoms with Gasteiger partial charge in [0, 0.05) is 37.4 Å². The monoisotopic (exact) mass is 526 g/mol. The molecule has 4 heterocycles. The molecule has 1 atom stereocenters. The van der Waals surface area contributed by atoms with Crippen LogP contribution >= 0.6 is 0 Å². The predicted molar refractivity (Wildman–Crippen MR) is 154 cm³/mol. The molecule has 1 aliphatic heterocycles. The van der Waals surface area contributed by atoms with Gasteiger partial charge in [-0.05, 0) is 80.8 Å². The van der Waals surface area contributed by atoms with Crippen molar-refractivity contribution in [2.24, 2.45) is 0 Å². The average Bonchev–Trinajstić information content (AvgIpc) is 3.75. The molecule has 6 rings (SSSR count). The van der Waals surface area contributed by atoms with Gasteiger partial charge in [0.25, 0.3) is 0 Å². The Morgan fingerprint density at radius 2 is 1.90 bits per heavy atom. The van der Waals surface area contributed by atoms with Crippen LogP contribution in [0.1, 0.15) is 67.8 Å². The lowest BCUT2D eigenvalue weighted by atomic mass is 9.98. The minimum atomic E-state index is -0.399. The summed E-state index contributed by atoms with van der Waals surface area (Å²) in [7, 11) is 0. The van der Waals surface area contributed by atoms with Crippen LogP contribution in [0.2, 0.25) is 0 Å². The van der Waals surface area contributed by atoms with Crippen LogP contribution in [-0.4, -0.2) is 45.2 Å². The Balaban J connectivity index is 1.75. The number of aryl methyl sites for hydroxylation is 2. The largest absolute Gasteiger partial charge is 0.355 e. The van der Waals surface area contributed by atoms with E-state index in [9.17, 15) is 4.79 Å². The van der Waals surface area contributed by atoms with Gasteiger partial charge in [-0.25, -0.2) is 18.7 Å². The standard InChI is InChI=1S/C31H35FN6O/c1-17(2)26-28(19(4)10-11-34-26)38-30-24(29(36-31(38)39)37-13-12-33-16-20(37)5)15-22(21-7-8-21)27(35-30)23-14-18(3)6-9-25(23)32/h6,9-11,14-15,17,20-21,33H,7-8,12-13,16H2,1-5H3/t20-/m0/s1. The number of nitrogens with zero attached hydrogens (tertiary/aromatic N) is 5. The summed E-state index contributed by atoms with van der Waals surface area (Å²) < 4.78 is 16.9. The highest BCUT2D eigenvalue weighted by molar-refractivity contribution is 5.92. The molecule has 2 fully saturated rings. The number of benzene rings is 1. The van der Waals surface area contributed by atoms with Crippen molar-refractivity contribution in [3.63, 3.8) is 0 Å². The van der Waals surface area contributed by atoms with Crippen molar-refractivity contribution in [1.82, 2.24) is 24.8 Å². The van der Waals surface area contributed by atoms with Crippen molar-refractivity contribution < 1.29 is 4.39 Å². The number of piperazine rings is 1. The van der Waals surface area contributed by atoms with Gasteiger partial charge in [0.15, 0.2) is 5.65 Å². The van der Waals surface area contributed by atoms with Gasteiger partial charge in [0.2, 0.25) is 0 Å². The van der Waals surface area contributed by atoms with Crippen LogP contribution < -0.4 is 15.9 Å². The third kappa shape index (κ3) is 4.50. The van der Waals surface area contributed by atoms with Gasteiger partial charge in [0.05, 0.1) is 22.5 Å². The highest BCUT2D eigenvalue weighted by Gasteiger charge is 2.32. The number of halogens is 1. The molecular formula is C31H35FN6O. The Morgan fingerprint density at radius 3 is 2.62 bits per heavy atom. The maximum Gasteiger partial charge on any atom is 0.355 e. The number of fused-ring (bicyclic) bond motifs is 1. The van der Waals surface area contributed by atoms with Crippen LogP contribution in [0.3, 0.4) is 0 Å². The number of hydrogen-bond donors (Lipinski definition) is 1. The lowest BCUT2D eigenvalue weighted by Gasteiger charge is -2.35. The Bertz CT molecular complexity index is 1640. The molecule has 1 saturated carbocycles. The van der Waals surface area contributed by atoms with Gasteiger partial charge in [-0.15, -0.1) is 0 Å². The first-order valence-electron chi connectivity index (χ1n) is 13.9. The summed E-state index contributed by atoms with van der Waals surface area (Å²) in [4.78, 5) is 30.8. The SMILES string of the molecule is Cc1ccc(F)c(-c2nc3c(cc2C2CC2)c(N2CCNC[C@@H]2C)nc(=O)n3-c2c(C)ccnc2C(C)C)c1. The zero-order chi connectivity index (χ0) is 27.4. The van der Waals surface area contributed by atoms with E-state index in [0.717, 1.165) is 60.2 Å². The summed E-state index contributed by atoms with van der Waals surface area (Å²) in [5.41, 5.74) is 5.59. The van der Waals surface area contributed by atoms with E-state index in [2.05, 4.69) is 42.0 Å². The maximum absolute atomic E-state index is 15.3. The van der Waals surface area contributed by atoms with Crippen LogP contribution in [-0.2, 0) is 0 Å². The molecule has 0 radical (unpaired) electrons. The van der Waals surface area contributed by atoms with Crippen molar-refractivity contribution in [2.75, 3.05) is 24.5 Å². The van der Waals surface area contributed by atoms with Gasteiger partial charge < -0.3 is 10.2 Å². The molecule has 3 aromatic heterocycles. The molecule has 1 saturated heterocycles. The molecule has 39 heavy (non-hydrogen) atoms. The van der Waals surface area contributed by atoms with E-state index >= 15 is 4.39 Å². The normalized spacial score (nSPS) is 17.8. The lowest BCUT2D eigenvalue weighted by Crippen LogP contribution is -2.50. The summed E-state index contributed by atoms with van der Waals surface area (Å²) in [5.74, 6) is 0.734. The lowest BCUT2D eigenvalue weighted by molar-refractivity contribution is 0.497. The Hall–Kier alpha value is -3.65. The highest BCUT2D eigenvalue weighted by Crippen LogP contribution is 2.46. The van der Waals surface area contributed by atoms with Crippen molar-refractivity contribution in [2.45, 2.75) is 65.3 Å². The van der Waals surface area contributed by atoms with Crippen molar-refractivity contribution in [1.29, 1.82) is 0 Å². The summed E-state index contributed by atoms with van der Waals surface area (Å²) in [5, 5.41) is 4.24. The molecule has 202 valence electrons. The van der Waals surface area contributed by atoms with E-state index in [1.54, 1.807) is 16.8 Å². The third-order valence-corrected chi connectivity index (χ3v) is 7.97. The van der Waals surface area contributed by atoms with Gasteiger partial charge in [-0.3, -0.25) is 4.98 Å². The highest BCUT2D eigenvalue weighted by atomic mass is 19.1. The summed E-state index contributed by atoms with van der Waals surface area (Å²) in [6.45, 7) is 12.6. The first-order valence-corrected chi connectivity index (χ1v) is 13.9. The molecule has 0 bridgehead atoms. The first kappa shape index (κ1) is 25.6. The van der Waals surface area contributed by atoms with Gasteiger partial charge in [0.1, 0.15) is 11.6 Å². The molecule has 1 N–H and O–H groups in total. The average molecular weight is 527 g/mol. The first-order chi connectivity index (χ1) is 18.7. The second-order valence-electron chi connectivity index (χ2n) is 11.4. The fourth-order valence-corrected chi connectivity index (χ4v) is 5.75. The summed E-state index contributed by atoms with van der Waals surface area (Å²) >= 11 is 0. The molecule has 0 unspecified atom stereocenters. The molecule has 1 aromatic carbocycles. The van der Waals surface area contributed by atoms with Crippen LogP contribution in [0, 0.1) is 19.7 Å². The fourth-order valence-electron chi connectivity index (χ4n) is 5.75. The predicted octanol–water partition coefficient (Wildman–Crippen LogP) is 5.40. The quantitative estimate of drug-likeness (QED) is 0.375. The molecule has 2 aliphatic rings. The molecule has 8 heteroatoms. The number of nitrogens with one attached hydrogen (secondary N) is 1. The minimum absolute atomic E-state index is 0.0779. The number of anilines is 1. The van der Waals surface area contributed by atoms with Crippen molar-refractivity contribution >= 4 is 16.9 Å². The van der Waals surface area contributed by atoms with E-state index in [-0.39, 0.29) is 17.8 Å². The van der Waals surface area contributed by atoms with Crippen molar-refractivity contribution in [3.8, 4) is 16.9 Å². The second-order valence-corrected chi connectivity index (χ2v) is 11.4. The minimum Gasteiger partial charge on any atom is -0.351 e. The molecule has 7 nitrogen and oxygen atoms in total. The van der Waals surface area contributed by atoms with Crippen LogP contribution in [0.15, 0.2) is 41.3 Å². The van der Waals surface area contributed by atoms with Crippen LogP contribution in [0.5, 0.6) is 0 Å². The fraction of sp³-hybridized carbons (Fsp3) is 0.419. The Morgan fingerprint density at radius 1 is 1.10 bits per heavy atom. The topological polar surface area (TPSA) is 75.9 Å². The van der Waals surface area contributed by atoms with E-state index < -0.39 is 5.69 Å². The molecule has 1 aliphatic carbocycles. The number of hydrogen-bond acceptors (Lipinski definition) is 6. The number of rotatable bonds is 5. The molecular weight excluding hydrogens is 491 g/mol. The van der Waals surface area contributed by atoms with Crippen LogP contribution in [0.4, 0.5) is 10.2 Å². The summed E-state index contributed by atoms with van der Waals surface area (Å²) in [6.07, 6.45) is 3.86. The van der Waals surface area contributed by atoms with E-state index in [1.165, 1.54) is 6.07 Å². The smallest absolute Gasteiger partial charge is 0.351 e. The molecule has 4 aromatic rings. The zero-order valence-corrected chi connectivity index (χ0v) is 23.3.